The molecule has 1 amide bonds. The lowest BCUT2D eigenvalue weighted by Crippen LogP contribution is -2.40. The Morgan fingerprint density at radius 1 is 1.35 bits per heavy atom. The van der Waals surface area contributed by atoms with E-state index >= 15 is 0 Å². The van der Waals surface area contributed by atoms with E-state index in [1.54, 1.807) is 6.20 Å². The second-order valence-electron chi connectivity index (χ2n) is 6.80. The highest BCUT2D eigenvalue weighted by Crippen LogP contribution is 2.21. The lowest BCUT2D eigenvalue weighted by Gasteiger charge is -2.27. The molecule has 1 fully saturated rings. The van der Waals surface area contributed by atoms with Gasteiger partial charge in [-0.25, -0.2) is 9.67 Å². The van der Waals surface area contributed by atoms with Crippen molar-refractivity contribution in [1.82, 2.24) is 20.1 Å². The molecule has 0 bridgehead atoms. The topological polar surface area (TPSA) is 85.8 Å². The van der Waals surface area contributed by atoms with E-state index in [9.17, 15) is 4.79 Å². The van der Waals surface area contributed by atoms with Gasteiger partial charge in [-0.3, -0.25) is 4.79 Å². The molecule has 2 aromatic rings. The van der Waals surface area contributed by atoms with E-state index in [1.807, 2.05) is 17.7 Å². The van der Waals surface area contributed by atoms with Crippen LogP contribution in [-0.2, 0) is 0 Å². The number of hydrogen-bond donors (Lipinski definition) is 2. The maximum Gasteiger partial charge on any atom is 0.253 e. The minimum absolute atomic E-state index is 0.0466. The summed E-state index contributed by atoms with van der Waals surface area (Å²) in [6, 6.07) is 2.64. The van der Waals surface area contributed by atoms with E-state index in [2.05, 4.69) is 29.2 Å². The highest BCUT2D eigenvalue weighted by Gasteiger charge is 2.22. The average Bonchev–Trinajstić information content (AvgIpc) is 2.91. The number of rotatable bonds is 3. The molecular formula is C17H25N5O. The first-order valence-corrected chi connectivity index (χ1v) is 8.37. The van der Waals surface area contributed by atoms with Gasteiger partial charge in [0, 0.05) is 23.5 Å². The van der Waals surface area contributed by atoms with Gasteiger partial charge in [-0.2, -0.15) is 5.10 Å². The van der Waals surface area contributed by atoms with Crippen molar-refractivity contribution in [3.8, 4) is 0 Å². The van der Waals surface area contributed by atoms with Gasteiger partial charge in [0.15, 0.2) is 5.65 Å². The van der Waals surface area contributed by atoms with Crippen molar-refractivity contribution >= 4 is 16.9 Å². The van der Waals surface area contributed by atoms with Gasteiger partial charge in [0.1, 0.15) is 0 Å². The Balaban J connectivity index is 1.82. The third-order valence-corrected chi connectivity index (χ3v) is 4.60. The molecular weight excluding hydrogens is 290 g/mol. The van der Waals surface area contributed by atoms with Crippen LogP contribution in [0.3, 0.4) is 0 Å². The minimum atomic E-state index is -0.0466. The molecule has 3 N–H and O–H groups in total. The predicted octanol–water partition coefficient (Wildman–Crippen LogP) is 2.32. The minimum Gasteiger partial charge on any atom is -0.349 e. The van der Waals surface area contributed by atoms with Crippen molar-refractivity contribution in [2.24, 2.45) is 5.73 Å². The zero-order valence-electron chi connectivity index (χ0n) is 14.0. The average molecular weight is 315 g/mol. The molecule has 124 valence electrons. The number of nitrogens with two attached hydrogens (primary N) is 1. The van der Waals surface area contributed by atoms with Crippen molar-refractivity contribution in [2.75, 3.05) is 0 Å². The molecule has 6 heteroatoms. The summed E-state index contributed by atoms with van der Waals surface area (Å²) < 4.78 is 1.88. The van der Waals surface area contributed by atoms with Crippen LogP contribution in [0.4, 0.5) is 0 Å². The lowest BCUT2D eigenvalue weighted by atomic mass is 9.91. The maximum atomic E-state index is 12.6. The van der Waals surface area contributed by atoms with Gasteiger partial charge >= 0.3 is 0 Å². The van der Waals surface area contributed by atoms with E-state index < -0.39 is 0 Å². The van der Waals surface area contributed by atoms with Crippen LogP contribution in [0.25, 0.3) is 11.0 Å². The molecule has 0 saturated heterocycles. The molecule has 6 nitrogen and oxygen atoms in total. The summed E-state index contributed by atoms with van der Waals surface area (Å²) in [4.78, 5) is 17.2. The van der Waals surface area contributed by atoms with Gasteiger partial charge in [-0.05, 0) is 52.5 Å². The zero-order valence-corrected chi connectivity index (χ0v) is 14.0. The van der Waals surface area contributed by atoms with Crippen LogP contribution in [0.1, 0.15) is 61.6 Å². The molecule has 1 aliphatic rings. The summed E-state index contributed by atoms with van der Waals surface area (Å²) in [5, 5.41) is 8.40. The predicted molar refractivity (Wildman–Crippen MR) is 90.3 cm³/mol. The Labute approximate surface area is 136 Å². The lowest BCUT2D eigenvalue weighted by molar-refractivity contribution is 0.0925. The van der Waals surface area contributed by atoms with E-state index in [0.717, 1.165) is 42.4 Å². The summed E-state index contributed by atoms with van der Waals surface area (Å²) >= 11 is 0. The summed E-state index contributed by atoms with van der Waals surface area (Å²) in [5.74, 6) is -0.0466. The van der Waals surface area contributed by atoms with Crippen LogP contribution in [0, 0.1) is 6.92 Å². The van der Waals surface area contributed by atoms with Crippen LogP contribution in [-0.4, -0.2) is 32.8 Å². The van der Waals surface area contributed by atoms with Gasteiger partial charge in [0.25, 0.3) is 5.91 Å². The fourth-order valence-electron chi connectivity index (χ4n) is 3.20. The van der Waals surface area contributed by atoms with Gasteiger partial charge in [0.05, 0.1) is 17.5 Å². The van der Waals surface area contributed by atoms with E-state index in [4.69, 9.17) is 5.73 Å². The molecule has 23 heavy (non-hydrogen) atoms. The number of nitrogens with zero attached hydrogens (tertiary/aromatic N) is 3. The monoisotopic (exact) mass is 315 g/mol. The van der Waals surface area contributed by atoms with Crippen LogP contribution in [0.5, 0.6) is 0 Å². The number of aromatic nitrogens is 3. The third kappa shape index (κ3) is 3.22. The van der Waals surface area contributed by atoms with Gasteiger partial charge in [-0.15, -0.1) is 0 Å². The van der Waals surface area contributed by atoms with Crippen molar-refractivity contribution in [1.29, 1.82) is 0 Å². The molecule has 0 aromatic carbocycles. The molecule has 3 rings (SSSR count). The number of carbonyl (C=O) groups is 1. The summed E-state index contributed by atoms with van der Waals surface area (Å²) in [6.45, 7) is 6.01. The molecule has 2 heterocycles. The van der Waals surface area contributed by atoms with Crippen molar-refractivity contribution in [2.45, 2.75) is 64.6 Å². The highest BCUT2D eigenvalue weighted by atomic mass is 16.1. The Bertz CT molecular complexity index is 713. The second kappa shape index (κ2) is 6.28. The van der Waals surface area contributed by atoms with Crippen molar-refractivity contribution in [3.63, 3.8) is 0 Å². The van der Waals surface area contributed by atoms with Crippen LogP contribution < -0.4 is 11.1 Å². The standard InChI is InChI=1S/C17H25N5O/c1-10(2)22-16-12(9-19-22)8-15(11(3)20-16)17(23)21-14-6-4-13(18)5-7-14/h8-10,13-14H,4-7,18H2,1-3H3,(H,21,23). The smallest absolute Gasteiger partial charge is 0.253 e. The summed E-state index contributed by atoms with van der Waals surface area (Å²) in [5.41, 5.74) is 8.13. The fraction of sp³-hybridized carbons (Fsp3) is 0.588. The maximum absolute atomic E-state index is 12.6. The van der Waals surface area contributed by atoms with Crippen LogP contribution in [0.2, 0.25) is 0 Å². The first-order valence-electron chi connectivity index (χ1n) is 8.37. The quantitative estimate of drug-likeness (QED) is 0.910. The Kier molecular flexibility index (Phi) is 4.35. The number of nitrogens with one attached hydrogen (secondary N) is 1. The third-order valence-electron chi connectivity index (χ3n) is 4.60. The number of aryl methyl sites for hydroxylation is 1. The molecule has 0 atom stereocenters. The number of pyridine rings is 1. The largest absolute Gasteiger partial charge is 0.349 e. The normalized spacial score (nSPS) is 21.8. The molecule has 0 aliphatic heterocycles. The number of amides is 1. The number of hydrogen-bond acceptors (Lipinski definition) is 4. The molecule has 2 aromatic heterocycles. The van der Waals surface area contributed by atoms with Crippen LogP contribution >= 0.6 is 0 Å². The van der Waals surface area contributed by atoms with Crippen molar-refractivity contribution < 1.29 is 4.79 Å². The molecule has 0 radical (unpaired) electrons. The van der Waals surface area contributed by atoms with Crippen LogP contribution in [0.15, 0.2) is 12.3 Å². The van der Waals surface area contributed by atoms with Gasteiger partial charge in [-0.1, -0.05) is 0 Å². The fourth-order valence-corrected chi connectivity index (χ4v) is 3.20. The highest BCUT2D eigenvalue weighted by molar-refractivity contribution is 5.98. The van der Waals surface area contributed by atoms with E-state index in [0.29, 0.717) is 5.56 Å². The summed E-state index contributed by atoms with van der Waals surface area (Å²) in [7, 11) is 0. The second-order valence-corrected chi connectivity index (χ2v) is 6.80. The molecule has 1 aliphatic carbocycles. The van der Waals surface area contributed by atoms with E-state index in [-0.39, 0.29) is 24.0 Å². The van der Waals surface area contributed by atoms with Crippen molar-refractivity contribution in [3.05, 3.63) is 23.5 Å². The SMILES string of the molecule is Cc1nc2c(cnn2C(C)C)cc1C(=O)NC1CCC(N)CC1. The first-order chi connectivity index (χ1) is 11.0. The molecule has 1 saturated carbocycles. The first kappa shape index (κ1) is 15.9. The summed E-state index contributed by atoms with van der Waals surface area (Å²) in [6.07, 6.45) is 5.63. The molecule has 0 unspecified atom stereocenters. The number of fused-ring (bicyclic) bond motifs is 1. The Morgan fingerprint density at radius 3 is 2.70 bits per heavy atom. The van der Waals surface area contributed by atoms with Gasteiger partial charge in [0.2, 0.25) is 0 Å². The zero-order chi connectivity index (χ0) is 16.6. The van der Waals surface area contributed by atoms with Gasteiger partial charge < -0.3 is 11.1 Å². The Hall–Kier alpha value is -1.95. The van der Waals surface area contributed by atoms with E-state index in [1.165, 1.54) is 0 Å². The molecule has 0 spiro atoms. The number of carbonyl (C=O) groups excluding carboxylic acids is 1. The Morgan fingerprint density at radius 2 is 2.04 bits per heavy atom.